The molecule has 0 spiro atoms. The zero-order chi connectivity index (χ0) is 15.5. The van der Waals surface area contributed by atoms with Crippen molar-refractivity contribution in [3.8, 4) is 5.88 Å². The Labute approximate surface area is 119 Å². The Bertz CT molecular complexity index is 484. The number of aromatic nitrogens is 1. The molecule has 1 amide bonds. The highest BCUT2D eigenvalue weighted by Crippen LogP contribution is 2.29. The van der Waals surface area contributed by atoms with Crippen LogP contribution in [0.5, 0.6) is 5.88 Å². The maximum atomic E-state index is 12.4. The summed E-state index contributed by atoms with van der Waals surface area (Å²) in [5.74, 6) is -0.0121. The van der Waals surface area contributed by atoms with Gasteiger partial charge in [0.15, 0.2) is 0 Å². The molecule has 116 valence electrons. The van der Waals surface area contributed by atoms with E-state index in [9.17, 15) is 18.0 Å². The predicted octanol–water partition coefficient (Wildman–Crippen LogP) is 1.73. The molecule has 0 atom stereocenters. The Hall–Kier alpha value is -1.83. The fourth-order valence-electron chi connectivity index (χ4n) is 1.79. The number of carbonyl (C=O) groups is 1. The van der Waals surface area contributed by atoms with Crippen LogP contribution in [0.25, 0.3) is 0 Å². The molecule has 0 bridgehead atoms. The monoisotopic (exact) mass is 304 g/mol. The van der Waals surface area contributed by atoms with Gasteiger partial charge in [0, 0.05) is 18.9 Å². The van der Waals surface area contributed by atoms with Crippen molar-refractivity contribution in [2.75, 3.05) is 26.3 Å². The first-order valence-corrected chi connectivity index (χ1v) is 6.45. The first-order valence-electron chi connectivity index (χ1n) is 6.45. The van der Waals surface area contributed by atoms with Crippen molar-refractivity contribution in [1.82, 2.24) is 9.88 Å². The number of pyridine rings is 1. The molecule has 1 aliphatic rings. The number of likely N-dealkylation sites (tertiary alicyclic amines) is 1. The summed E-state index contributed by atoms with van der Waals surface area (Å²) in [5, 5.41) is 0. The predicted molar refractivity (Wildman–Crippen MR) is 66.7 cm³/mol. The van der Waals surface area contributed by atoms with Crippen molar-refractivity contribution in [2.45, 2.75) is 19.2 Å². The Morgan fingerprint density at radius 2 is 2.14 bits per heavy atom. The summed E-state index contributed by atoms with van der Waals surface area (Å²) in [6, 6.07) is 2.09. The summed E-state index contributed by atoms with van der Waals surface area (Å²) in [5.41, 5.74) is -0.822. The van der Waals surface area contributed by atoms with E-state index in [0.29, 0.717) is 19.7 Å². The maximum absolute atomic E-state index is 12.4. The minimum Gasteiger partial charge on any atom is -0.471 e. The second kappa shape index (κ2) is 6.30. The number of carbonyl (C=O) groups excluding carboxylic acids is 1. The standard InChI is InChI=1S/C13H15F3N2O3/c1-2-20-8-12(19)18-6-10(7-18)21-11-4-3-9(5-17-11)13(14,15)16/h3-5,10H,2,6-8H2,1H3. The summed E-state index contributed by atoms with van der Waals surface area (Å²) in [7, 11) is 0. The number of hydrogen-bond acceptors (Lipinski definition) is 4. The van der Waals surface area contributed by atoms with Crippen molar-refractivity contribution in [3.05, 3.63) is 23.9 Å². The van der Waals surface area contributed by atoms with Gasteiger partial charge in [-0.1, -0.05) is 0 Å². The number of nitrogens with zero attached hydrogens (tertiary/aromatic N) is 2. The van der Waals surface area contributed by atoms with Crippen molar-refractivity contribution in [2.24, 2.45) is 0 Å². The summed E-state index contributed by atoms with van der Waals surface area (Å²) < 4.78 is 47.5. The maximum Gasteiger partial charge on any atom is 0.417 e. The van der Waals surface area contributed by atoms with Crippen LogP contribution in [-0.4, -0.2) is 48.2 Å². The van der Waals surface area contributed by atoms with Gasteiger partial charge in [-0.15, -0.1) is 0 Å². The fourth-order valence-corrected chi connectivity index (χ4v) is 1.79. The second-order valence-corrected chi connectivity index (χ2v) is 4.56. The van der Waals surface area contributed by atoms with Crippen molar-refractivity contribution >= 4 is 5.91 Å². The number of halogens is 3. The van der Waals surface area contributed by atoms with E-state index in [-0.39, 0.29) is 24.5 Å². The molecule has 2 rings (SSSR count). The van der Waals surface area contributed by atoms with Gasteiger partial charge in [0.1, 0.15) is 12.7 Å². The Morgan fingerprint density at radius 1 is 1.43 bits per heavy atom. The lowest BCUT2D eigenvalue weighted by Crippen LogP contribution is -2.57. The number of hydrogen-bond donors (Lipinski definition) is 0. The van der Waals surface area contributed by atoms with Crippen LogP contribution >= 0.6 is 0 Å². The van der Waals surface area contributed by atoms with E-state index in [1.165, 1.54) is 6.07 Å². The SMILES string of the molecule is CCOCC(=O)N1CC(Oc2ccc(C(F)(F)F)cn2)C1. The molecule has 21 heavy (non-hydrogen) atoms. The van der Waals surface area contributed by atoms with Crippen molar-refractivity contribution in [3.63, 3.8) is 0 Å². The van der Waals surface area contributed by atoms with Gasteiger partial charge in [-0.2, -0.15) is 13.2 Å². The number of rotatable bonds is 5. The lowest BCUT2D eigenvalue weighted by Gasteiger charge is -2.38. The van der Waals surface area contributed by atoms with Crippen LogP contribution in [0, 0.1) is 0 Å². The zero-order valence-electron chi connectivity index (χ0n) is 11.4. The second-order valence-electron chi connectivity index (χ2n) is 4.56. The van der Waals surface area contributed by atoms with E-state index in [1.54, 1.807) is 11.8 Å². The molecular formula is C13H15F3N2O3. The van der Waals surface area contributed by atoms with E-state index < -0.39 is 11.7 Å². The van der Waals surface area contributed by atoms with Gasteiger partial charge in [-0.25, -0.2) is 4.98 Å². The molecule has 0 aliphatic carbocycles. The quantitative estimate of drug-likeness (QED) is 0.831. The number of alkyl halides is 3. The van der Waals surface area contributed by atoms with Gasteiger partial charge >= 0.3 is 6.18 Å². The van der Waals surface area contributed by atoms with Gasteiger partial charge < -0.3 is 14.4 Å². The van der Waals surface area contributed by atoms with Crippen LogP contribution in [0.15, 0.2) is 18.3 Å². The van der Waals surface area contributed by atoms with Crippen LogP contribution in [0.3, 0.4) is 0 Å². The molecule has 0 N–H and O–H groups in total. The highest BCUT2D eigenvalue weighted by molar-refractivity contribution is 5.78. The molecule has 8 heteroatoms. The van der Waals surface area contributed by atoms with E-state index in [4.69, 9.17) is 9.47 Å². The third-order valence-corrected chi connectivity index (χ3v) is 2.98. The van der Waals surface area contributed by atoms with E-state index in [0.717, 1.165) is 12.3 Å². The molecular weight excluding hydrogens is 289 g/mol. The molecule has 1 saturated heterocycles. The summed E-state index contributed by atoms with van der Waals surface area (Å²) >= 11 is 0. The Morgan fingerprint density at radius 3 is 2.67 bits per heavy atom. The first-order chi connectivity index (χ1) is 9.90. The van der Waals surface area contributed by atoms with Crippen LogP contribution in [-0.2, 0) is 15.7 Å². The smallest absolute Gasteiger partial charge is 0.417 e. The zero-order valence-corrected chi connectivity index (χ0v) is 11.4. The third kappa shape index (κ3) is 4.07. The number of ether oxygens (including phenoxy) is 2. The van der Waals surface area contributed by atoms with Crippen LogP contribution in [0.2, 0.25) is 0 Å². The molecule has 0 saturated carbocycles. The molecule has 1 aromatic rings. The van der Waals surface area contributed by atoms with E-state index in [2.05, 4.69) is 4.98 Å². The molecule has 1 aromatic heterocycles. The molecule has 0 radical (unpaired) electrons. The average molecular weight is 304 g/mol. The van der Waals surface area contributed by atoms with Crippen molar-refractivity contribution < 1.29 is 27.4 Å². The lowest BCUT2D eigenvalue weighted by molar-refractivity contribution is -0.145. The van der Waals surface area contributed by atoms with Gasteiger partial charge in [0.05, 0.1) is 18.7 Å². The Kier molecular flexibility index (Phi) is 4.66. The normalized spacial score (nSPS) is 15.7. The van der Waals surface area contributed by atoms with Gasteiger partial charge in [-0.05, 0) is 13.0 Å². The molecule has 1 fully saturated rings. The largest absolute Gasteiger partial charge is 0.471 e. The fraction of sp³-hybridized carbons (Fsp3) is 0.538. The summed E-state index contributed by atoms with van der Waals surface area (Å²) in [6.07, 6.45) is -3.93. The highest BCUT2D eigenvalue weighted by Gasteiger charge is 2.33. The molecule has 0 unspecified atom stereocenters. The molecule has 0 aromatic carbocycles. The van der Waals surface area contributed by atoms with Crippen molar-refractivity contribution in [1.29, 1.82) is 0 Å². The van der Waals surface area contributed by atoms with Crippen LogP contribution in [0.4, 0.5) is 13.2 Å². The third-order valence-electron chi connectivity index (χ3n) is 2.98. The van der Waals surface area contributed by atoms with Gasteiger partial charge in [0.25, 0.3) is 0 Å². The Balaban J connectivity index is 1.79. The summed E-state index contributed by atoms with van der Waals surface area (Å²) in [4.78, 5) is 16.7. The molecule has 1 aliphatic heterocycles. The average Bonchev–Trinajstić information content (AvgIpc) is 2.39. The van der Waals surface area contributed by atoms with E-state index >= 15 is 0 Å². The molecule has 5 nitrogen and oxygen atoms in total. The first kappa shape index (κ1) is 15.6. The minimum absolute atomic E-state index is 0.0295. The lowest BCUT2D eigenvalue weighted by atomic mass is 10.1. The minimum atomic E-state index is -4.41. The van der Waals surface area contributed by atoms with Gasteiger partial charge in [0.2, 0.25) is 11.8 Å². The topological polar surface area (TPSA) is 51.7 Å². The summed E-state index contributed by atoms with van der Waals surface area (Å²) in [6.45, 7) is 3.06. The number of amides is 1. The van der Waals surface area contributed by atoms with E-state index in [1.807, 2.05) is 0 Å². The highest BCUT2D eigenvalue weighted by atomic mass is 19.4. The van der Waals surface area contributed by atoms with Crippen LogP contribution in [0.1, 0.15) is 12.5 Å². The molecule has 2 heterocycles. The van der Waals surface area contributed by atoms with Gasteiger partial charge in [-0.3, -0.25) is 4.79 Å². The van der Waals surface area contributed by atoms with Crippen LogP contribution < -0.4 is 4.74 Å².